The fraction of sp³-hybridized carbons (Fsp3) is 0.902. The summed E-state index contributed by atoms with van der Waals surface area (Å²) >= 11 is 0. The van der Waals surface area contributed by atoms with Gasteiger partial charge in [-0.2, -0.15) is 0 Å². The van der Waals surface area contributed by atoms with Gasteiger partial charge in [-0.05, 0) is 110 Å². The van der Waals surface area contributed by atoms with E-state index in [0.717, 1.165) is 12.8 Å². The van der Waals surface area contributed by atoms with Crippen LogP contribution in [0.1, 0.15) is 86.0 Å². The van der Waals surface area contributed by atoms with E-state index in [1.165, 1.54) is 11.1 Å². The van der Waals surface area contributed by atoms with Crippen molar-refractivity contribution in [3.63, 3.8) is 0 Å². The Kier molecular flexibility index (Phi) is 13.6. The van der Waals surface area contributed by atoms with Crippen LogP contribution in [-0.2, 0) is 18.9 Å². The third kappa shape index (κ3) is 7.71. The van der Waals surface area contributed by atoms with Gasteiger partial charge >= 0.3 is 0 Å². The van der Waals surface area contributed by atoms with Crippen molar-refractivity contribution in [2.45, 2.75) is 171 Å². The predicted molar refractivity (Wildman–Crippen MR) is 199 cm³/mol. The van der Waals surface area contributed by atoms with Gasteiger partial charge in [0.2, 0.25) is 0 Å². The summed E-state index contributed by atoms with van der Waals surface area (Å²) < 4.78 is 23.4. The number of aliphatic hydroxyl groups excluding tert-OH is 10. The van der Waals surface area contributed by atoms with Gasteiger partial charge in [-0.15, -0.1) is 0 Å². The summed E-state index contributed by atoms with van der Waals surface area (Å²) in [5.74, 6) is -0.643. The van der Waals surface area contributed by atoms with Crippen LogP contribution < -0.4 is 0 Å². The Morgan fingerprint density at radius 2 is 1.43 bits per heavy atom. The third-order valence-electron chi connectivity index (χ3n) is 15.3. The molecule has 15 heteroatoms. The van der Waals surface area contributed by atoms with Crippen LogP contribution in [0.3, 0.4) is 0 Å². The number of aliphatic hydroxyl groups is 11. The molecule has 2 saturated heterocycles. The zero-order valence-electron chi connectivity index (χ0n) is 33.4. The molecule has 11 N–H and O–H groups in total. The minimum Gasteiger partial charge on any atom is -0.396 e. The molecule has 0 bridgehead atoms. The van der Waals surface area contributed by atoms with E-state index in [9.17, 15) is 56.2 Å². The number of ether oxygens (including phenoxy) is 4. The number of fused-ring (bicyclic) bond motifs is 5. The van der Waals surface area contributed by atoms with Crippen LogP contribution in [0.4, 0.5) is 0 Å². The first kappa shape index (κ1) is 44.4. The van der Waals surface area contributed by atoms with E-state index < -0.39 is 92.4 Å². The zero-order valence-corrected chi connectivity index (χ0v) is 33.4. The van der Waals surface area contributed by atoms with Gasteiger partial charge in [0.1, 0.15) is 48.8 Å². The Bertz CT molecular complexity index is 1410. The fourth-order valence-electron chi connectivity index (χ4n) is 11.5. The summed E-state index contributed by atoms with van der Waals surface area (Å²) in [7, 11) is 0. The molecule has 0 aromatic rings. The van der Waals surface area contributed by atoms with Crippen LogP contribution in [0.5, 0.6) is 0 Å². The van der Waals surface area contributed by atoms with Gasteiger partial charge in [-0.25, -0.2) is 0 Å². The highest BCUT2D eigenvalue weighted by Crippen LogP contribution is 2.65. The lowest BCUT2D eigenvalue weighted by Gasteiger charge is -2.54. The smallest absolute Gasteiger partial charge is 0.187 e. The Morgan fingerprint density at radius 1 is 0.821 bits per heavy atom. The molecule has 2 heterocycles. The van der Waals surface area contributed by atoms with E-state index >= 15 is 0 Å². The van der Waals surface area contributed by atoms with Gasteiger partial charge in [0.25, 0.3) is 0 Å². The molecule has 0 spiro atoms. The van der Waals surface area contributed by atoms with Crippen LogP contribution in [0.2, 0.25) is 0 Å². The first-order valence-electron chi connectivity index (χ1n) is 20.7. The summed E-state index contributed by atoms with van der Waals surface area (Å²) in [6.07, 6.45) is -6.32. The number of hydrogen-bond acceptors (Lipinski definition) is 15. The Morgan fingerprint density at radius 3 is 2.02 bits per heavy atom. The van der Waals surface area contributed by atoms with Crippen LogP contribution in [-0.4, -0.2) is 161 Å². The highest BCUT2D eigenvalue weighted by molar-refractivity contribution is 5.46. The normalized spacial score (nSPS) is 47.6. The lowest BCUT2D eigenvalue weighted by molar-refractivity contribution is -0.324. The van der Waals surface area contributed by atoms with Crippen molar-refractivity contribution in [1.29, 1.82) is 0 Å². The van der Waals surface area contributed by atoms with Crippen molar-refractivity contribution in [2.24, 2.45) is 40.4 Å². The molecule has 2 saturated carbocycles. The van der Waals surface area contributed by atoms with Crippen molar-refractivity contribution < 1.29 is 75.1 Å². The molecular weight excluding hydrogens is 732 g/mol. The summed E-state index contributed by atoms with van der Waals surface area (Å²) in [5, 5.41) is 116. The maximum Gasteiger partial charge on any atom is 0.187 e. The van der Waals surface area contributed by atoms with Crippen LogP contribution in [0, 0.1) is 40.4 Å². The molecule has 0 aromatic carbocycles. The minimum absolute atomic E-state index is 0.0647. The second kappa shape index (κ2) is 17.1. The molecule has 322 valence electrons. The maximum atomic E-state index is 12.1. The van der Waals surface area contributed by atoms with Crippen molar-refractivity contribution in [2.75, 3.05) is 19.8 Å². The predicted octanol–water partition coefficient (Wildman–Crippen LogP) is -0.378. The molecule has 0 unspecified atom stereocenters. The van der Waals surface area contributed by atoms with E-state index in [4.69, 9.17) is 18.9 Å². The summed E-state index contributed by atoms with van der Waals surface area (Å²) in [5.41, 5.74) is 0.582. The van der Waals surface area contributed by atoms with Crippen molar-refractivity contribution >= 4 is 0 Å². The molecule has 4 aliphatic carbocycles. The monoisotopic (exact) mass is 800 g/mol. The first-order valence-corrected chi connectivity index (χ1v) is 20.7. The third-order valence-corrected chi connectivity index (χ3v) is 15.3. The molecule has 0 aromatic heterocycles. The lowest BCUT2D eigenvalue weighted by Crippen LogP contribution is -2.61. The largest absolute Gasteiger partial charge is 0.396 e. The van der Waals surface area contributed by atoms with Gasteiger partial charge < -0.3 is 75.1 Å². The SMILES string of the molecule is CC(C)[C@](O)(CC[C@@H](CO)[C@H]1[C@H](O)C[C@H]2C3=CC[C@H]4C[C@@H](O[C@@H]5O[C@H](CO)[C@@H](O)[C@H](O)[C@H]5O)CC[C@]4(C)C3=CC[C@]12C)[C@@H](C)O[C@@H]1O[C@H](CO)[C@@H](O)[C@H](O)[C@H]1O. The van der Waals surface area contributed by atoms with E-state index in [2.05, 4.69) is 26.0 Å². The standard InChI is InChI=1S/C41H68O15/c1-19(2)41(52,20(3)53-37-35(50)33(48)31(46)28(17-43)55-37)13-8-21(16-42)30-27(45)15-26-24-7-6-22-14-23(9-11-39(22,4)25(24)10-12-40(26,30)5)54-38-36(51)34(49)32(47)29(18-44)56-38/h7,10,19-23,26-38,42-52H,6,8-9,11-18H2,1-5H3/t20-,21+,22+,23+,26+,27-,28-,29-,30+,31-,32-,33+,34+,35-,36-,37-,38-,39+,40+,41-/m1/s1. The van der Waals surface area contributed by atoms with E-state index in [1.807, 2.05) is 13.8 Å². The van der Waals surface area contributed by atoms with Crippen molar-refractivity contribution in [1.82, 2.24) is 0 Å². The second-order valence-corrected chi connectivity index (χ2v) is 18.6. The molecular formula is C41H68O15. The summed E-state index contributed by atoms with van der Waals surface area (Å²) in [4.78, 5) is 0. The van der Waals surface area contributed by atoms with Crippen molar-refractivity contribution in [3.05, 3.63) is 23.3 Å². The molecule has 6 rings (SSSR count). The molecule has 15 nitrogen and oxygen atoms in total. The number of rotatable bonds is 13. The number of allylic oxidation sites excluding steroid dienone is 4. The van der Waals surface area contributed by atoms with E-state index in [0.29, 0.717) is 32.1 Å². The highest BCUT2D eigenvalue weighted by Gasteiger charge is 2.59. The lowest BCUT2D eigenvalue weighted by atomic mass is 9.51. The maximum absolute atomic E-state index is 12.1. The van der Waals surface area contributed by atoms with Gasteiger partial charge in [0.15, 0.2) is 12.6 Å². The van der Waals surface area contributed by atoms with Crippen LogP contribution in [0.25, 0.3) is 0 Å². The molecule has 6 aliphatic rings. The molecule has 0 radical (unpaired) electrons. The van der Waals surface area contributed by atoms with Gasteiger partial charge in [0, 0.05) is 6.61 Å². The number of hydrogen-bond donors (Lipinski definition) is 11. The summed E-state index contributed by atoms with van der Waals surface area (Å²) in [6.45, 7) is 8.51. The van der Waals surface area contributed by atoms with Crippen LogP contribution >= 0.6 is 0 Å². The second-order valence-electron chi connectivity index (χ2n) is 18.6. The van der Waals surface area contributed by atoms with Crippen molar-refractivity contribution in [3.8, 4) is 0 Å². The Balaban J connectivity index is 1.13. The van der Waals surface area contributed by atoms with Crippen LogP contribution in [0.15, 0.2) is 23.3 Å². The minimum atomic E-state index is -1.62. The quantitative estimate of drug-likeness (QED) is 0.114. The molecule has 4 fully saturated rings. The van der Waals surface area contributed by atoms with E-state index in [-0.39, 0.29) is 59.6 Å². The Labute approximate surface area is 329 Å². The fourth-order valence-corrected chi connectivity index (χ4v) is 11.5. The van der Waals surface area contributed by atoms with Gasteiger partial charge in [-0.1, -0.05) is 39.8 Å². The van der Waals surface area contributed by atoms with E-state index in [1.54, 1.807) is 6.92 Å². The molecule has 2 aliphatic heterocycles. The molecule has 20 atom stereocenters. The zero-order chi connectivity index (χ0) is 41.1. The Hall–Kier alpha value is -1.12. The first-order chi connectivity index (χ1) is 26.4. The van der Waals surface area contributed by atoms with Gasteiger partial charge in [-0.3, -0.25) is 0 Å². The topological polar surface area (TPSA) is 259 Å². The average Bonchev–Trinajstić information content (AvgIpc) is 3.44. The summed E-state index contributed by atoms with van der Waals surface area (Å²) in [6, 6.07) is 0. The molecule has 0 amide bonds. The molecule has 56 heavy (non-hydrogen) atoms. The van der Waals surface area contributed by atoms with Gasteiger partial charge in [0.05, 0.1) is 37.1 Å². The average molecular weight is 801 g/mol. The highest BCUT2D eigenvalue weighted by atomic mass is 16.7.